The Morgan fingerprint density at radius 2 is 2.19 bits per heavy atom. The summed E-state index contributed by atoms with van der Waals surface area (Å²) >= 11 is 0. The number of hydrogen-bond acceptors (Lipinski definition) is 4. The fraction of sp³-hybridized carbons (Fsp3) is 0.333. The SMILES string of the molecule is C#Cc1cnn2c(-c3cc(NC4CCOC4)c(C(C)C)cn3)ccc2c1. The van der Waals surface area contributed by atoms with Crippen molar-refractivity contribution in [2.45, 2.75) is 32.2 Å². The third kappa shape index (κ3) is 3.04. The van der Waals surface area contributed by atoms with E-state index < -0.39 is 0 Å². The molecule has 4 rings (SSSR count). The molecule has 26 heavy (non-hydrogen) atoms. The summed E-state index contributed by atoms with van der Waals surface area (Å²) in [6.45, 7) is 5.93. The first kappa shape index (κ1) is 16.6. The van der Waals surface area contributed by atoms with Crippen LogP contribution in [0.25, 0.3) is 16.9 Å². The first-order chi connectivity index (χ1) is 12.7. The monoisotopic (exact) mass is 346 g/mol. The van der Waals surface area contributed by atoms with Crippen LogP contribution in [0.1, 0.15) is 37.3 Å². The highest BCUT2D eigenvalue weighted by Gasteiger charge is 2.19. The summed E-state index contributed by atoms with van der Waals surface area (Å²) in [5.41, 5.74) is 5.90. The molecule has 3 aromatic rings. The van der Waals surface area contributed by atoms with Crippen molar-refractivity contribution in [2.24, 2.45) is 0 Å². The molecular weight excluding hydrogens is 324 g/mol. The second-order valence-electron chi connectivity index (χ2n) is 6.96. The second kappa shape index (κ2) is 6.81. The van der Waals surface area contributed by atoms with Crippen LogP contribution in [0.3, 0.4) is 0 Å². The largest absolute Gasteiger partial charge is 0.380 e. The van der Waals surface area contributed by atoms with Crippen molar-refractivity contribution in [3.8, 4) is 23.7 Å². The molecule has 1 saturated heterocycles. The Balaban J connectivity index is 1.76. The quantitative estimate of drug-likeness (QED) is 0.732. The Morgan fingerprint density at radius 3 is 2.92 bits per heavy atom. The predicted molar refractivity (Wildman–Crippen MR) is 103 cm³/mol. The van der Waals surface area contributed by atoms with Crippen molar-refractivity contribution in [2.75, 3.05) is 18.5 Å². The fourth-order valence-corrected chi connectivity index (χ4v) is 3.33. The van der Waals surface area contributed by atoms with Crippen LogP contribution in [0, 0.1) is 12.3 Å². The van der Waals surface area contributed by atoms with Gasteiger partial charge in [-0.1, -0.05) is 19.8 Å². The van der Waals surface area contributed by atoms with Crippen molar-refractivity contribution < 1.29 is 4.74 Å². The molecule has 1 atom stereocenters. The fourth-order valence-electron chi connectivity index (χ4n) is 3.33. The zero-order valence-electron chi connectivity index (χ0n) is 15.1. The lowest BCUT2D eigenvalue weighted by Gasteiger charge is -2.19. The summed E-state index contributed by atoms with van der Waals surface area (Å²) in [4.78, 5) is 4.70. The maximum Gasteiger partial charge on any atom is 0.0910 e. The molecule has 0 spiro atoms. The van der Waals surface area contributed by atoms with Gasteiger partial charge in [-0.2, -0.15) is 5.10 Å². The third-order valence-corrected chi connectivity index (χ3v) is 4.78. The van der Waals surface area contributed by atoms with Gasteiger partial charge in [-0.25, -0.2) is 4.52 Å². The van der Waals surface area contributed by atoms with Crippen molar-refractivity contribution in [3.05, 3.63) is 47.8 Å². The molecule has 1 N–H and O–H groups in total. The molecule has 1 aliphatic rings. The summed E-state index contributed by atoms with van der Waals surface area (Å²) in [5.74, 6) is 3.01. The number of nitrogens with one attached hydrogen (secondary N) is 1. The van der Waals surface area contributed by atoms with E-state index in [9.17, 15) is 0 Å². The minimum absolute atomic E-state index is 0.350. The molecule has 5 nitrogen and oxygen atoms in total. The minimum atomic E-state index is 0.350. The summed E-state index contributed by atoms with van der Waals surface area (Å²) < 4.78 is 7.38. The van der Waals surface area contributed by atoms with Gasteiger partial charge in [0.05, 0.1) is 35.8 Å². The Labute approximate surface area is 153 Å². The van der Waals surface area contributed by atoms with Crippen LogP contribution >= 0.6 is 0 Å². The lowest BCUT2D eigenvalue weighted by molar-refractivity contribution is 0.195. The van der Waals surface area contributed by atoms with Gasteiger partial charge < -0.3 is 10.1 Å². The molecule has 1 fully saturated rings. The van der Waals surface area contributed by atoms with Gasteiger partial charge in [-0.15, -0.1) is 6.42 Å². The van der Waals surface area contributed by atoms with Gasteiger partial charge in [0, 0.05) is 24.1 Å². The van der Waals surface area contributed by atoms with Crippen LogP contribution in [0.2, 0.25) is 0 Å². The van der Waals surface area contributed by atoms with E-state index in [0.717, 1.165) is 47.8 Å². The number of fused-ring (bicyclic) bond motifs is 1. The van der Waals surface area contributed by atoms with E-state index in [1.54, 1.807) is 6.20 Å². The predicted octanol–water partition coefficient (Wildman–Crippen LogP) is 3.70. The first-order valence-electron chi connectivity index (χ1n) is 8.94. The zero-order chi connectivity index (χ0) is 18.1. The van der Waals surface area contributed by atoms with Crippen molar-refractivity contribution in [3.63, 3.8) is 0 Å². The highest BCUT2D eigenvalue weighted by Crippen LogP contribution is 2.30. The summed E-state index contributed by atoms with van der Waals surface area (Å²) in [5, 5.41) is 8.11. The number of pyridine rings is 1. The van der Waals surface area contributed by atoms with Crippen LogP contribution in [0.4, 0.5) is 5.69 Å². The average molecular weight is 346 g/mol. The normalized spacial score (nSPS) is 16.9. The lowest BCUT2D eigenvalue weighted by atomic mass is 10.0. The maximum absolute atomic E-state index is 5.50. The van der Waals surface area contributed by atoms with E-state index in [4.69, 9.17) is 16.1 Å². The van der Waals surface area contributed by atoms with E-state index in [1.165, 1.54) is 5.56 Å². The number of hydrogen-bond donors (Lipinski definition) is 1. The van der Waals surface area contributed by atoms with Gasteiger partial charge in [0.25, 0.3) is 0 Å². The van der Waals surface area contributed by atoms with Gasteiger partial charge in [-0.05, 0) is 42.2 Å². The molecule has 0 radical (unpaired) electrons. The molecule has 0 saturated carbocycles. The number of rotatable bonds is 4. The van der Waals surface area contributed by atoms with Crippen molar-refractivity contribution >= 4 is 11.2 Å². The molecule has 0 aromatic carbocycles. The van der Waals surface area contributed by atoms with E-state index >= 15 is 0 Å². The molecule has 3 aromatic heterocycles. The third-order valence-electron chi connectivity index (χ3n) is 4.78. The van der Waals surface area contributed by atoms with Gasteiger partial charge in [-0.3, -0.25) is 4.98 Å². The Kier molecular flexibility index (Phi) is 4.36. The van der Waals surface area contributed by atoms with Gasteiger partial charge in [0.15, 0.2) is 0 Å². The molecule has 0 bridgehead atoms. The Bertz CT molecular complexity index is 977. The molecule has 4 heterocycles. The Hall–Kier alpha value is -2.84. The van der Waals surface area contributed by atoms with Gasteiger partial charge in [0.2, 0.25) is 0 Å². The summed E-state index contributed by atoms with van der Waals surface area (Å²) in [7, 11) is 0. The Morgan fingerprint density at radius 1 is 1.31 bits per heavy atom. The van der Waals surface area contributed by atoms with E-state index in [-0.39, 0.29) is 0 Å². The molecule has 0 aliphatic carbocycles. The average Bonchev–Trinajstić information content (AvgIpc) is 3.30. The van der Waals surface area contributed by atoms with Crippen molar-refractivity contribution in [1.82, 2.24) is 14.6 Å². The van der Waals surface area contributed by atoms with Crippen LogP contribution in [-0.2, 0) is 4.74 Å². The topological polar surface area (TPSA) is 51.5 Å². The highest BCUT2D eigenvalue weighted by atomic mass is 16.5. The van der Waals surface area contributed by atoms with Crippen LogP contribution in [0.5, 0.6) is 0 Å². The number of aromatic nitrogens is 3. The standard InChI is InChI=1S/C21H22N4O/c1-4-15-9-17-5-6-21(25(17)23-11-15)20-10-19(18(12-22-20)14(2)3)24-16-7-8-26-13-16/h1,5-6,9-12,14,16H,7-8,13H2,2-3H3,(H,22,24). The summed E-state index contributed by atoms with van der Waals surface area (Å²) in [6, 6.07) is 8.46. The van der Waals surface area contributed by atoms with E-state index in [1.807, 2.05) is 28.9 Å². The molecule has 1 aliphatic heterocycles. The van der Waals surface area contributed by atoms with Gasteiger partial charge in [0.1, 0.15) is 0 Å². The number of ether oxygens (including phenoxy) is 1. The van der Waals surface area contributed by atoms with Crippen molar-refractivity contribution in [1.29, 1.82) is 0 Å². The number of terminal acetylenes is 1. The first-order valence-corrected chi connectivity index (χ1v) is 8.94. The van der Waals surface area contributed by atoms with Crippen LogP contribution < -0.4 is 5.32 Å². The minimum Gasteiger partial charge on any atom is -0.380 e. The summed E-state index contributed by atoms with van der Waals surface area (Å²) in [6.07, 6.45) is 10.2. The van der Waals surface area contributed by atoms with Crippen LogP contribution in [-0.4, -0.2) is 33.9 Å². The molecule has 1 unspecified atom stereocenters. The number of nitrogens with zero attached hydrogens (tertiary/aromatic N) is 3. The van der Waals surface area contributed by atoms with E-state index in [0.29, 0.717) is 12.0 Å². The van der Waals surface area contributed by atoms with E-state index in [2.05, 4.69) is 36.2 Å². The molecular formula is C21H22N4O. The lowest BCUT2D eigenvalue weighted by Crippen LogP contribution is -2.20. The molecule has 0 amide bonds. The number of anilines is 1. The smallest absolute Gasteiger partial charge is 0.0910 e. The highest BCUT2D eigenvalue weighted by molar-refractivity contribution is 5.69. The maximum atomic E-state index is 5.50. The molecule has 5 heteroatoms. The van der Waals surface area contributed by atoms with Crippen LogP contribution in [0.15, 0.2) is 36.7 Å². The second-order valence-corrected chi connectivity index (χ2v) is 6.96. The molecule has 132 valence electrons. The zero-order valence-corrected chi connectivity index (χ0v) is 15.1. The van der Waals surface area contributed by atoms with Gasteiger partial charge >= 0.3 is 0 Å².